The molecule has 13 heteroatoms. The number of nitrogens with zero attached hydrogens (tertiary/aromatic N) is 6. The molecule has 212 valence electrons. The van der Waals surface area contributed by atoms with Crippen molar-refractivity contribution in [3.05, 3.63) is 54.1 Å². The van der Waals surface area contributed by atoms with E-state index in [-0.39, 0.29) is 24.1 Å². The first-order valence-corrected chi connectivity index (χ1v) is 12.8. The minimum Gasteiger partial charge on any atom is -0.447 e. The van der Waals surface area contributed by atoms with Crippen molar-refractivity contribution in [2.75, 3.05) is 31.1 Å². The maximum absolute atomic E-state index is 11.9. The Hall–Kier alpha value is -3.71. The Morgan fingerprint density at radius 2 is 1.67 bits per heavy atom. The van der Waals surface area contributed by atoms with Crippen LogP contribution in [0, 0.1) is 11.6 Å². The molecule has 2 saturated heterocycles. The molecular formula is C26H35F2N7O4. The van der Waals surface area contributed by atoms with Crippen LogP contribution in [0.4, 0.5) is 19.5 Å². The Bertz CT molecular complexity index is 1130. The summed E-state index contributed by atoms with van der Waals surface area (Å²) >= 11 is 0. The lowest BCUT2D eigenvalue weighted by Crippen LogP contribution is -2.30. The third-order valence-corrected chi connectivity index (χ3v) is 5.71. The summed E-state index contributed by atoms with van der Waals surface area (Å²) in [6.45, 7) is 8.68. The molecular weight excluding hydrogens is 512 g/mol. The van der Waals surface area contributed by atoms with Crippen molar-refractivity contribution in [3.8, 4) is 11.5 Å². The fraction of sp³-hybridized carbons (Fsp3) is 0.500. The summed E-state index contributed by atoms with van der Waals surface area (Å²) < 4.78 is 33.9. The maximum Gasteiger partial charge on any atom is 0.410 e. The quantitative estimate of drug-likeness (QED) is 0.496. The molecule has 2 aliphatic heterocycles. The summed E-state index contributed by atoms with van der Waals surface area (Å²) in [5.74, 6) is 0.370. The number of aromatic nitrogens is 4. The molecule has 2 aliphatic rings. The molecule has 3 aromatic rings. The number of hydrogen-bond acceptors (Lipinski definition) is 10. The molecule has 3 N–H and O–H groups in total. The normalized spacial score (nSPS) is 17.3. The van der Waals surface area contributed by atoms with E-state index in [4.69, 9.17) is 15.0 Å². The van der Waals surface area contributed by atoms with Crippen LogP contribution in [0.3, 0.4) is 0 Å². The number of benzene rings is 1. The molecule has 1 aromatic carbocycles. The zero-order valence-corrected chi connectivity index (χ0v) is 22.3. The smallest absolute Gasteiger partial charge is 0.410 e. The van der Waals surface area contributed by atoms with E-state index in [1.165, 1.54) is 0 Å². The van der Waals surface area contributed by atoms with E-state index in [9.17, 15) is 18.7 Å². The van der Waals surface area contributed by atoms with E-state index >= 15 is 0 Å². The second kappa shape index (κ2) is 14.4. The minimum absolute atomic E-state index is 0.00287. The van der Waals surface area contributed by atoms with Crippen molar-refractivity contribution in [2.45, 2.75) is 58.3 Å². The molecule has 2 aromatic heterocycles. The number of ether oxygens (including phenoxy) is 1. The molecule has 2 unspecified atom stereocenters. The van der Waals surface area contributed by atoms with Gasteiger partial charge < -0.3 is 29.9 Å². The van der Waals surface area contributed by atoms with Crippen LogP contribution in [0.25, 0.3) is 11.5 Å². The number of halogens is 2. The molecule has 1 amide bonds. The van der Waals surface area contributed by atoms with Crippen LogP contribution in [0.15, 0.2) is 41.2 Å². The fourth-order valence-corrected chi connectivity index (χ4v) is 3.69. The Balaban J connectivity index is 0.000000185. The molecule has 0 spiro atoms. The van der Waals surface area contributed by atoms with Crippen LogP contribution < -0.4 is 10.6 Å². The second-order valence-electron chi connectivity index (χ2n) is 9.46. The van der Waals surface area contributed by atoms with Crippen LogP contribution in [-0.4, -0.2) is 74.5 Å². The molecule has 4 heterocycles. The fourth-order valence-electron chi connectivity index (χ4n) is 3.69. The van der Waals surface area contributed by atoms with Gasteiger partial charge in [-0.25, -0.2) is 23.5 Å². The van der Waals surface area contributed by atoms with Gasteiger partial charge in [0.15, 0.2) is 5.82 Å². The maximum atomic E-state index is 11.9. The predicted molar refractivity (Wildman–Crippen MR) is 140 cm³/mol. The van der Waals surface area contributed by atoms with Crippen molar-refractivity contribution < 1.29 is 27.9 Å². The van der Waals surface area contributed by atoms with E-state index in [0.29, 0.717) is 17.4 Å². The number of carbonyl (C=O) groups excluding carboxylic acids is 1. The van der Waals surface area contributed by atoms with Crippen molar-refractivity contribution in [1.29, 1.82) is 0 Å². The first kappa shape index (κ1) is 29.8. The number of anilines is 1. The number of hydrogen-bond donors (Lipinski definition) is 2. The van der Waals surface area contributed by atoms with Gasteiger partial charge in [0.2, 0.25) is 5.95 Å². The highest BCUT2D eigenvalue weighted by Gasteiger charge is 2.22. The molecule has 0 radical (unpaired) electrons. The number of aliphatic hydroxyl groups is 1. The predicted octanol–water partition coefficient (Wildman–Crippen LogP) is 3.71. The molecule has 2 atom stereocenters. The Labute approximate surface area is 226 Å². The highest BCUT2D eigenvalue weighted by Crippen LogP contribution is 2.20. The number of likely N-dealkylation sites (tertiary alicyclic amines) is 1. The van der Waals surface area contributed by atoms with Gasteiger partial charge in [-0.15, -0.1) is 0 Å². The number of aliphatic hydroxyl groups excluding tert-OH is 1. The van der Waals surface area contributed by atoms with E-state index in [1.54, 1.807) is 24.2 Å². The minimum atomic E-state index is -0.765. The first-order valence-electron chi connectivity index (χ1n) is 12.8. The monoisotopic (exact) mass is 547 g/mol. The molecule has 11 nitrogen and oxygen atoms in total. The van der Waals surface area contributed by atoms with Gasteiger partial charge in [0, 0.05) is 44.6 Å². The Kier molecular flexibility index (Phi) is 11.1. The van der Waals surface area contributed by atoms with Gasteiger partial charge in [-0.3, -0.25) is 0 Å². The number of amides is 1. The van der Waals surface area contributed by atoms with Gasteiger partial charge >= 0.3 is 6.09 Å². The van der Waals surface area contributed by atoms with E-state index in [0.717, 1.165) is 69.7 Å². The number of nitrogens with two attached hydrogens (primary N) is 1. The Morgan fingerprint density at radius 3 is 2.13 bits per heavy atom. The third-order valence-electron chi connectivity index (χ3n) is 5.71. The van der Waals surface area contributed by atoms with Gasteiger partial charge in [-0.1, -0.05) is 5.16 Å². The third kappa shape index (κ3) is 9.52. The summed E-state index contributed by atoms with van der Waals surface area (Å²) in [7, 11) is 0. The lowest BCUT2D eigenvalue weighted by Gasteiger charge is -2.16. The average molecular weight is 548 g/mol. The first-order chi connectivity index (χ1) is 18.6. The highest BCUT2D eigenvalue weighted by molar-refractivity contribution is 5.68. The van der Waals surface area contributed by atoms with Crippen LogP contribution >= 0.6 is 0 Å². The van der Waals surface area contributed by atoms with Crippen LogP contribution in [-0.2, 0) is 4.74 Å². The second-order valence-corrected chi connectivity index (χ2v) is 9.46. The standard InChI is InChI=1S/C12H16N6O2.C8H15NO2.C6H4F2/c1-7(19)10-16-11(20-17-10)8-4-14-12(15-5-8)18-3-2-9(13)6-18;1-7(2)11-8(10)9-5-3-4-6-9;7-5-1-2-6(8)4-3-5/h4-5,7,9,19H,2-3,6,13H2,1H3;7H,3-6H2,1-2H3;1-4H. The zero-order chi connectivity index (χ0) is 28.4. The SMILES string of the molecule is CC(C)OC(=O)N1CCCC1.CC(O)c1noc(-c2cnc(N3CCC(N)C3)nc2)n1.Fc1ccc(F)cc1. The van der Waals surface area contributed by atoms with Crippen molar-refractivity contribution in [3.63, 3.8) is 0 Å². The topological polar surface area (TPSA) is 144 Å². The molecule has 39 heavy (non-hydrogen) atoms. The molecule has 0 saturated carbocycles. The molecule has 5 rings (SSSR count). The van der Waals surface area contributed by atoms with Crippen molar-refractivity contribution >= 4 is 12.0 Å². The average Bonchev–Trinajstić information content (AvgIpc) is 3.69. The highest BCUT2D eigenvalue weighted by atomic mass is 19.1. The molecule has 0 bridgehead atoms. The lowest BCUT2D eigenvalue weighted by molar-refractivity contribution is 0.0837. The van der Waals surface area contributed by atoms with Gasteiger partial charge in [-0.2, -0.15) is 4.98 Å². The molecule has 2 fully saturated rings. The van der Waals surface area contributed by atoms with Gasteiger partial charge in [-0.05, 0) is 64.3 Å². The summed E-state index contributed by atoms with van der Waals surface area (Å²) in [5.41, 5.74) is 6.48. The van der Waals surface area contributed by atoms with E-state index in [1.807, 2.05) is 18.7 Å². The van der Waals surface area contributed by atoms with Gasteiger partial charge in [0.05, 0.1) is 11.7 Å². The number of carbonyl (C=O) groups is 1. The summed E-state index contributed by atoms with van der Waals surface area (Å²) in [4.78, 5) is 27.6. The van der Waals surface area contributed by atoms with E-state index in [2.05, 4.69) is 20.1 Å². The van der Waals surface area contributed by atoms with Crippen molar-refractivity contribution in [2.24, 2.45) is 5.73 Å². The summed E-state index contributed by atoms with van der Waals surface area (Å²) in [5, 5.41) is 13.0. The van der Waals surface area contributed by atoms with Gasteiger partial charge in [0.1, 0.15) is 17.7 Å². The largest absolute Gasteiger partial charge is 0.447 e. The Morgan fingerprint density at radius 1 is 1.08 bits per heavy atom. The number of rotatable bonds is 4. The summed E-state index contributed by atoms with van der Waals surface area (Å²) in [6, 6.07) is 4.50. The zero-order valence-electron chi connectivity index (χ0n) is 22.3. The van der Waals surface area contributed by atoms with Crippen LogP contribution in [0.5, 0.6) is 0 Å². The summed E-state index contributed by atoms with van der Waals surface area (Å²) in [6.07, 6.45) is 5.53. The van der Waals surface area contributed by atoms with E-state index < -0.39 is 17.7 Å². The lowest BCUT2D eigenvalue weighted by atomic mass is 10.3. The van der Waals surface area contributed by atoms with Crippen molar-refractivity contribution in [1.82, 2.24) is 25.0 Å². The van der Waals surface area contributed by atoms with Crippen LogP contribution in [0.1, 0.15) is 52.0 Å². The molecule has 0 aliphatic carbocycles. The van der Waals surface area contributed by atoms with Crippen LogP contribution in [0.2, 0.25) is 0 Å². The van der Waals surface area contributed by atoms with Gasteiger partial charge in [0.25, 0.3) is 5.89 Å².